The second-order valence-corrected chi connectivity index (χ2v) is 10.0. The van der Waals surface area contributed by atoms with Crippen LogP contribution in [-0.2, 0) is 9.59 Å². The van der Waals surface area contributed by atoms with Gasteiger partial charge >= 0.3 is 0 Å². The predicted octanol–water partition coefficient (Wildman–Crippen LogP) is 3.75. The molecule has 5 aliphatic rings. The third-order valence-electron chi connectivity index (χ3n) is 7.81. The Morgan fingerprint density at radius 2 is 1.58 bits per heavy atom. The Bertz CT molecular complexity index is 515. The van der Waals surface area contributed by atoms with E-state index in [2.05, 4.69) is 12.2 Å². The zero-order valence-corrected chi connectivity index (χ0v) is 16.6. The summed E-state index contributed by atoms with van der Waals surface area (Å²) in [6, 6.07) is 0.286. The van der Waals surface area contributed by atoms with E-state index in [0.717, 1.165) is 43.7 Å². The largest absolute Gasteiger partial charge is 0.353 e. The number of nitrogens with zero attached hydrogens (tertiary/aromatic N) is 1. The van der Waals surface area contributed by atoms with Gasteiger partial charge in [-0.15, -0.1) is 0 Å². The monoisotopic (exact) mass is 360 g/mol. The van der Waals surface area contributed by atoms with Crippen LogP contribution in [0.2, 0.25) is 0 Å². The minimum absolute atomic E-state index is 0.0923. The van der Waals surface area contributed by atoms with Crippen molar-refractivity contribution in [1.82, 2.24) is 10.2 Å². The molecular formula is C22H36N2O2. The number of hydrogen-bond donors (Lipinski definition) is 1. The molecule has 1 saturated heterocycles. The van der Waals surface area contributed by atoms with Crippen molar-refractivity contribution in [2.45, 2.75) is 84.1 Å². The van der Waals surface area contributed by atoms with Crippen LogP contribution in [0.4, 0.5) is 0 Å². The Labute approximate surface area is 158 Å². The molecule has 1 heterocycles. The van der Waals surface area contributed by atoms with Gasteiger partial charge in [-0.05, 0) is 87.9 Å². The lowest BCUT2D eigenvalue weighted by Gasteiger charge is -2.57. The van der Waals surface area contributed by atoms with Crippen molar-refractivity contribution < 1.29 is 9.59 Å². The van der Waals surface area contributed by atoms with Crippen LogP contribution in [-0.4, -0.2) is 35.8 Å². The summed E-state index contributed by atoms with van der Waals surface area (Å²) in [5, 5.41) is 3.34. The lowest BCUT2D eigenvalue weighted by molar-refractivity contribution is -0.135. The van der Waals surface area contributed by atoms with Crippen molar-refractivity contribution in [3.63, 3.8) is 0 Å². The summed E-state index contributed by atoms with van der Waals surface area (Å²) in [6.07, 6.45) is 12.1. The first-order chi connectivity index (χ1) is 12.5. The number of carbonyl (C=O) groups excluding carboxylic acids is 2. The van der Waals surface area contributed by atoms with Gasteiger partial charge in [-0.1, -0.05) is 6.92 Å². The number of rotatable bonds is 5. The van der Waals surface area contributed by atoms with Gasteiger partial charge in [-0.2, -0.15) is 0 Å². The van der Waals surface area contributed by atoms with Crippen LogP contribution in [0.15, 0.2) is 0 Å². The number of carbonyl (C=O) groups is 2. The number of piperidine rings is 1. The maximum atomic E-state index is 12.7. The van der Waals surface area contributed by atoms with Gasteiger partial charge in [0.25, 0.3) is 0 Å². The fourth-order valence-corrected chi connectivity index (χ4v) is 7.22. The standard InChI is InChI=1S/C22H36N2O2/c1-3-20(25)24-6-4-19(5-7-24)21(26)23-15(2)11-22-12-16-8-17(13-22)10-18(9-16)14-22/h15-19H,3-14H2,1-2H3,(H,23,26). The molecule has 146 valence electrons. The first-order valence-corrected chi connectivity index (χ1v) is 11.0. The van der Waals surface area contributed by atoms with Crippen LogP contribution >= 0.6 is 0 Å². The van der Waals surface area contributed by atoms with Gasteiger partial charge in [0.05, 0.1) is 0 Å². The maximum Gasteiger partial charge on any atom is 0.223 e. The van der Waals surface area contributed by atoms with E-state index in [4.69, 9.17) is 0 Å². The highest BCUT2D eigenvalue weighted by atomic mass is 16.2. The van der Waals surface area contributed by atoms with Crippen molar-refractivity contribution in [3.05, 3.63) is 0 Å². The van der Waals surface area contributed by atoms with Gasteiger partial charge in [0.15, 0.2) is 0 Å². The van der Waals surface area contributed by atoms with Gasteiger partial charge in [-0.3, -0.25) is 9.59 Å². The van der Waals surface area contributed by atoms with Gasteiger partial charge in [-0.25, -0.2) is 0 Å². The Morgan fingerprint density at radius 1 is 1.04 bits per heavy atom. The molecule has 0 radical (unpaired) electrons. The first kappa shape index (κ1) is 18.3. The van der Waals surface area contributed by atoms with Crippen molar-refractivity contribution in [2.24, 2.45) is 29.1 Å². The van der Waals surface area contributed by atoms with Gasteiger partial charge in [0, 0.05) is 31.5 Å². The van der Waals surface area contributed by atoms with E-state index < -0.39 is 0 Å². The highest BCUT2D eigenvalue weighted by molar-refractivity contribution is 5.80. The third kappa shape index (κ3) is 3.66. The summed E-state index contributed by atoms with van der Waals surface area (Å²) in [6.45, 7) is 5.61. The van der Waals surface area contributed by atoms with E-state index in [1.54, 1.807) is 0 Å². The topological polar surface area (TPSA) is 49.4 Å². The lowest BCUT2D eigenvalue weighted by atomic mass is 9.48. The molecule has 0 aromatic heterocycles. The van der Waals surface area contributed by atoms with Crippen LogP contribution in [0.25, 0.3) is 0 Å². The smallest absolute Gasteiger partial charge is 0.223 e. The second-order valence-electron chi connectivity index (χ2n) is 10.0. The summed E-state index contributed by atoms with van der Waals surface area (Å²) in [5.41, 5.74) is 0.526. The molecule has 1 N–H and O–H groups in total. The zero-order chi connectivity index (χ0) is 18.3. The third-order valence-corrected chi connectivity index (χ3v) is 7.81. The molecule has 5 rings (SSSR count). The summed E-state index contributed by atoms with van der Waals surface area (Å²) in [7, 11) is 0. The molecule has 1 atom stereocenters. The Kier molecular flexibility index (Phi) is 5.04. The van der Waals surface area contributed by atoms with Crippen LogP contribution < -0.4 is 5.32 Å². The van der Waals surface area contributed by atoms with E-state index >= 15 is 0 Å². The quantitative estimate of drug-likeness (QED) is 0.812. The van der Waals surface area contributed by atoms with E-state index in [-0.39, 0.29) is 23.8 Å². The number of likely N-dealkylation sites (tertiary alicyclic amines) is 1. The van der Waals surface area contributed by atoms with Crippen molar-refractivity contribution in [3.8, 4) is 0 Å². The summed E-state index contributed by atoms with van der Waals surface area (Å²) < 4.78 is 0. The highest BCUT2D eigenvalue weighted by Crippen LogP contribution is 2.61. The van der Waals surface area contributed by atoms with E-state index in [0.29, 0.717) is 11.8 Å². The predicted molar refractivity (Wildman–Crippen MR) is 102 cm³/mol. The maximum absolute atomic E-state index is 12.7. The van der Waals surface area contributed by atoms with Crippen LogP contribution in [0, 0.1) is 29.1 Å². The van der Waals surface area contributed by atoms with E-state index in [1.165, 1.54) is 44.9 Å². The van der Waals surface area contributed by atoms with Crippen LogP contribution in [0.5, 0.6) is 0 Å². The van der Waals surface area contributed by atoms with Crippen molar-refractivity contribution in [2.75, 3.05) is 13.1 Å². The first-order valence-electron chi connectivity index (χ1n) is 11.0. The summed E-state index contributed by atoms with van der Waals surface area (Å²) in [4.78, 5) is 26.4. The molecule has 4 aliphatic carbocycles. The van der Waals surface area contributed by atoms with Crippen molar-refractivity contribution in [1.29, 1.82) is 0 Å². The highest BCUT2D eigenvalue weighted by Gasteiger charge is 2.51. The average molecular weight is 361 g/mol. The zero-order valence-electron chi connectivity index (χ0n) is 16.6. The number of nitrogens with one attached hydrogen (secondary N) is 1. The second kappa shape index (κ2) is 7.16. The molecule has 1 unspecified atom stereocenters. The van der Waals surface area contributed by atoms with Gasteiger partial charge in [0.2, 0.25) is 11.8 Å². The van der Waals surface area contributed by atoms with E-state index in [1.807, 2.05) is 11.8 Å². The van der Waals surface area contributed by atoms with Crippen LogP contribution in [0.3, 0.4) is 0 Å². The molecule has 26 heavy (non-hydrogen) atoms. The van der Waals surface area contributed by atoms with Gasteiger partial charge < -0.3 is 10.2 Å². The minimum atomic E-state index is 0.0923. The minimum Gasteiger partial charge on any atom is -0.353 e. The van der Waals surface area contributed by atoms with Crippen molar-refractivity contribution >= 4 is 11.8 Å². The molecule has 0 spiro atoms. The molecule has 5 fully saturated rings. The molecule has 4 saturated carbocycles. The molecule has 1 aliphatic heterocycles. The number of hydrogen-bond acceptors (Lipinski definition) is 2. The molecular weight excluding hydrogens is 324 g/mol. The molecule has 2 amide bonds. The Balaban J connectivity index is 1.27. The fourth-order valence-electron chi connectivity index (χ4n) is 7.22. The summed E-state index contributed by atoms with van der Waals surface area (Å²) in [5.74, 6) is 3.47. The molecule has 4 bridgehead atoms. The Morgan fingerprint density at radius 3 is 2.08 bits per heavy atom. The normalized spacial score (nSPS) is 37.6. The molecule has 0 aromatic rings. The fraction of sp³-hybridized carbons (Fsp3) is 0.909. The van der Waals surface area contributed by atoms with Crippen LogP contribution in [0.1, 0.15) is 78.1 Å². The molecule has 4 heteroatoms. The lowest BCUT2D eigenvalue weighted by Crippen LogP contribution is -2.50. The van der Waals surface area contributed by atoms with E-state index in [9.17, 15) is 9.59 Å². The molecule has 0 aromatic carbocycles. The average Bonchev–Trinajstić information content (AvgIpc) is 2.59. The summed E-state index contributed by atoms with van der Waals surface area (Å²) >= 11 is 0. The SMILES string of the molecule is CCC(=O)N1CCC(C(=O)NC(C)CC23CC4CC(CC(C4)C2)C3)CC1. The Hall–Kier alpha value is -1.06. The number of amides is 2. The molecule has 4 nitrogen and oxygen atoms in total. The van der Waals surface area contributed by atoms with Gasteiger partial charge in [0.1, 0.15) is 0 Å².